The molecule has 0 aliphatic carbocycles. The zero-order valence-corrected chi connectivity index (χ0v) is 22.4. The number of ether oxygens (including phenoxy) is 1. The number of para-hydroxylation sites is 1. The van der Waals surface area contributed by atoms with Gasteiger partial charge in [-0.25, -0.2) is 8.42 Å². The molecule has 0 radical (unpaired) electrons. The molecule has 0 atom stereocenters. The molecule has 196 valence electrons. The van der Waals surface area contributed by atoms with Gasteiger partial charge in [0.15, 0.2) is 5.78 Å². The number of benzene rings is 3. The first-order valence-corrected chi connectivity index (χ1v) is 14.5. The average Bonchev–Trinajstić information content (AvgIpc) is 2.90. The summed E-state index contributed by atoms with van der Waals surface area (Å²) in [6.45, 7) is 6.21. The molecule has 0 amide bonds. The SMILES string of the molecule is CC(C)S(=O)(=O)Nc1cccc(C2CCN(CCCC(=O)c3ccc(Oc4ccccc4)cc3)CC2)c1. The number of ketones is 1. The van der Waals surface area contributed by atoms with Gasteiger partial charge in [-0.1, -0.05) is 30.3 Å². The van der Waals surface area contributed by atoms with Gasteiger partial charge in [-0.15, -0.1) is 0 Å². The van der Waals surface area contributed by atoms with Crippen molar-refractivity contribution in [3.8, 4) is 11.5 Å². The van der Waals surface area contributed by atoms with Crippen molar-refractivity contribution in [2.24, 2.45) is 0 Å². The second-order valence-electron chi connectivity index (χ2n) is 9.90. The lowest BCUT2D eigenvalue weighted by atomic mass is 9.89. The fourth-order valence-corrected chi connectivity index (χ4v) is 5.26. The summed E-state index contributed by atoms with van der Waals surface area (Å²) in [5, 5.41) is -0.473. The Morgan fingerprint density at radius 2 is 1.62 bits per heavy atom. The lowest BCUT2D eigenvalue weighted by Crippen LogP contribution is -2.34. The van der Waals surface area contributed by atoms with Gasteiger partial charge < -0.3 is 9.64 Å². The third-order valence-electron chi connectivity index (χ3n) is 6.86. The number of carbonyl (C=O) groups excluding carboxylic acids is 1. The standard InChI is InChI=1S/C30H36N2O4S/c1-23(2)37(34,35)31-27-9-6-8-26(22-27)24-17-20-32(21-18-24)19-7-12-30(33)25-13-15-29(16-14-25)36-28-10-4-3-5-11-28/h3-6,8-11,13-16,22-24,31H,7,12,17-21H2,1-2H3. The minimum Gasteiger partial charge on any atom is -0.457 e. The summed E-state index contributed by atoms with van der Waals surface area (Å²) in [4.78, 5) is 15.1. The summed E-state index contributed by atoms with van der Waals surface area (Å²) in [5.74, 6) is 2.06. The van der Waals surface area contributed by atoms with Gasteiger partial charge in [0.1, 0.15) is 11.5 Å². The summed E-state index contributed by atoms with van der Waals surface area (Å²) in [5.41, 5.74) is 2.53. The topological polar surface area (TPSA) is 75.7 Å². The first-order chi connectivity index (χ1) is 17.8. The number of Topliss-reactive ketones (excluding diaryl/α,β-unsaturated/α-hetero) is 1. The van der Waals surface area contributed by atoms with E-state index >= 15 is 0 Å². The number of nitrogens with zero attached hydrogens (tertiary/aromatic N) is 1. The van der Waals surface area contributed by atoms with Crippen molar-refractivity contribution in [1.82, 2.24) is 4.90 Å². The van der Waals surface area contributed by atoms with Crippen molar-refractivity contribution in [2.75, 3.05) is 24.4 Å². The van der Waals surface area contributed by atoms with Crippen molar-refractivity contribution in [3.63, 3.8) is 0 Å². The molecular weight excluding hydrogens is 484 g/mol. The van der Waals surface area contributed by atoms with E-state index in [1.807, 2.05) is 66.7 Å². The van der Waals surface area contributed by atoms with Crippen LogP contribution >= 0.6 is 0 Å². The fourth-order valence-electron chi connectivity index (χ4n) is 4.57. The normalized spacial score (nSPS) is 15.0. The van der Waals surface area contributed by atoms with Gasteiger partial charge in [0.05, 0.1) is 5.25 Å². The van der Waals surface area contributed by atoms with Crippen LogP contribution in [0.25, 0.3) is 0 Å². The summed E-state index contributed by atoms with van der Waals surface area (Å²) in [6.07, 6.45) is 3.41. The monoisotopic (exact) mass is 520 g/mol. The average molecular weight is 521 g/mol. The Kier molecular flexibility index (Phi) is 9.00. The molecule has 3 aromatic rings. The van der Waals surface area contributed by atoms with Crippen molar-refractivity contribution in [3.05, 3.63) is 90.0 Å². The van der Waals surface area contributed by atoms with Gasteiger partial charge in [-0.2, -0.15) is 0 Å². The van der Waals surface area contributed by atoms with E-state index in [1.165, 1.54) is 5.56 Å². The molecular formula is C30H36N2O4S. The molecule has 0 spiro atoms. The number of likely N-dealkylation sites (tertiary alicyclic amines) is 1. The molecule has 1 aliphatic rings. The van der Waals surface area contributed by atoms with Crippen LogP contribution in [-0.4, -0.2) is 44.0 Å². The predicted molar refractivity (Wildman–Crippen MR) is 149 cm³/mol. The number of hydrogen-bond acceptors (Lipinski definition) is 5. The van der Waals surface area contributed by atoms with Gasteiger partial charge in [0.2, 0.25) is 10.0 Å². The molecule has 0 unspecified atom stereocenters. The van der Waals surface area contributed by atoms with E-state index in [4.69, 9.17) is 4.74 Å². The van der Waals surface area contributed by atoms with E-state index < -0.39 is 15.3 Å². The maximum Gasteiger partial charge on any atom is 0.235 e. The van der Waals surface area contributed by atoms with Crippen LogP contribution in [0.15, 0.2) is 78.9 Å². The molecule has 1 heterocycles. The predicted octanol–water partition coefficient (Wildman–Crippen LogP) is 6.47. The van der Waals surface area contributed by atoms with Crippen LogP contribution in [0, 0.1) is 0 Å². The molecule has 6 nitrogen and oxygen atoms in total. The number of anilines is 1. The minimum absolute atomic E-state index is 0.154. The zero-order chi connectivity index (χ0) is 26.3. The molecule has 1 N–H and O–H groups in total. The summed E-state index contributed by atoms with van der Waals surface area (Å²) in [6, 6.07) is 24.7. The highest BCUT2D eigenvalue weighted by atomic mass is 32.2. The van der Waals surface area contributed by atoms with Crippen LogP contribution in [0.4, 0.5) is 5.69 Å². The molecule has 1 saturated heterocycles. The Bertz CT molecular complexity index is 1270. The van der Waals surface area contributed by atoms with E-state index in [1.54, 1.807) is 19.9 Å². The second-order valence-corrected chi connectivity index (χ2v) is 12.1. The summed E-state index contributed by atoms with van der Waals surface area (Å²) in [7, 11) is -3.35. The van der Waals surface area contributed by atoms with Crippen LogP contribution in [0.3, 0.4) is 0 Å². The Balaban J connectivity index is 1.20. The zero-order valence-electron chi connectivity index (χ0n) is 21.6. The number of rotatable bonds is 11. The smallest absolute Gasteiger partial charge is 0.235 e. The first kappa shape index (κ1) is 26.9. The van der Waals surface area contributed by atoms with E-state index in [9.17, 15) is 13.2 Å². The van der Waals surface area contributed by atoms with Crippen molar-refractivity contribution >= 4 is 21.5 Å². The maximum atomic E-state index is 12.7. The molecule has 0 bridgehead atoms. The van der Waals surface area contributed by atoms with Crippen LogP contribution in [0.2, 0.25) is 0 Å². The quantitative estimate of drug-likeness (QED) is 0.293. The first-order valence-electron chi connectivity index (χ1n) is 13.0. The number of piperidine rings is 1. The van der Waals surface area contributed by atoms with E-state index in [0.29, 0.717) is 29.3 Å². The van der Waals surface area contributed by atoms with Crippen molar-refractivity contribution in [2.45, 2.75) is 50.7 Å². The molecule has 4 rings (SSSR count). The fraction of sp³-hybridized carbons (Fsp3) is 0.367. The number of hydrogen-bond donors (Lipinski definition) is 1. The number of nitrogens with one attached hydrogen (secondary N) is 1. The van der Waals surface area contributed by atoms with E-state index in [0.717, 1.165) is 44.6 Å². The van der Waals surface area contributed by atoms with Crippen LogP contribution in [-0.2, 0) is 10.0 Å². The maximum absolute atomic E-state index is 12.7. The van der Waals surface area contributed by atoms with Gasteiger partial charge >= 0.3 is 0 Å². The van der Waals surface area contributed by atoms with Crippen LogP contribution < -0.4 is 9.46 Å². The molecule has 0 saturated carbocycles. The largest absolute Gasteiger partial charge is 0.457 e. The number of sulfonamides is 1. The lowest BCUT2D eigenvalue weighted by Gasteiger charge is -2.32. The molecule has 7 heteroatoms. The highest BCUT2D eigenvalue weighted by Crippen LogP contribution is 2.30. The molecule has 37 heavy (non-hydrogen) atoms. The molecule has 1 aliphatic heterocycles. The molecule has 0 aromatic heterocycles. The van der Waals surface area contributed by atoms with Gasteiger partial charge in [0.25, 0.3) is 0 Å². The Hall–Kier alpha value is -3.16. The van der Waals surface area contributed by atoms with Crippen LogP contribution in [0.5, 0.6) is 11.5 Å². The van der Waals surface area contributed by atoms with Crippen LogP contribution in [0.1, 0.15) is 61.4 Å². The summed E-state index contributed by atoms with van der Waals surface area (Å²) >= 11 is 0. The molecule has 3 aromatic carbocycles. The highest BCUT2D eigenvalue weighted by Gasteiger charge is 2.22. The number of carbonyl (C=O) groups is 1. The Morgan fingerprint density at radius 3 is 2.30 bits per heavy atom. The Labute approximate surface area is 220 Å². The van der Waals surface area contributed by atoms with Crippen molar-refractivity contribution < 1.29 is 17.9 Å². The van der Waals surface area contributed by atoms with Crippen molar-refractivity contribution in [1.29, 1.82) is 0 Å². The minimum atomic E-state index is -3.35. The van der Waals surface area contributed by atoms with Gasteiger partial charge in [-0.05, 0) is 113 Å². The highest BCUT2D eigenvalue weighted by molar-refractivity contribution is 7.93. The third kappa shape index (κ3) is 7.66. The van der Waals surface area contributed by atoms with Gasteiger partial charge in [0, 0.05) is 17.7 Å². The van der Waals surface area contributed by atoms with Gasteiger partial charge in [-0.3, -0.25) is 9.52 Å². The lowest BCUT2D eigenvalue weighted by molar-refractivity contribution is 0.0972. The van der Waals surface area contributed by atoms with E-state index in [-0.39, 0.29) is 5.78 Å². The Morgan fingerprint density at radius 1 is 0.946 bits per heavy atom. The molecule has 1 fully saturated rings. The second kappa shape index (κ2) is 12.4. The van der Waals surface area contributed by atoms with E-state index in [2.05, 4.69) is 15.7 Å². The summed E-state index contributed by atoms with van der Waals surface area (Å²) < 4.78 is 32.9. The third-order valence-corrected chi connectivity index (χ3v) is 8.62.